The molecule has 0 fully saturated rings. The van der Waals surface area contributed by atoms with Crippen molar-refractivity contribution in [1.82, 2.24) is 4.98 Å². The van der Waals surface area contributed by atoms with Gasteiger partial charge in [0.2, 0.25) is 0 Å². The molecule has 1 amide bonds. The summed E-state index contributed by atoms with van der Waals surface area (Å²) in [4.78, 5) is 16.8. The number of hydrogen-bond acceptors (Lipinski definition) is 3. The Morgan fingerprint density at radius 2 is 1.95 bits per heavy atom. The lowest BCUT2D eigenvalue weighted by molar-refractivity contribution is 0.0998. The van der Waals surface area contributed by atoms with Crippen LogP contribution in [-0.2, 0) is 0 Å². The van der Waals surface area contributed by atoms with E-state index in [0.717, 1.165) is 22.3 Å². The van der Waals surface area contributed by atoms with Gasteiger partial charge in [-0.2, -0.15) is 0 Å². The van der Waals surface area contributed by atoms with Gasteiger partial charge in [0.15, 0.2) is 5.76 Å². The fourth-order valence-electron chi connectivity index (χ4n) is 2.51. The van der Waals surface area contributed by atoms with Gasteiger partial charge in [-0.15, -0.1) is 0 Å². The molecule has 0 spiro atoms. The van der Waals surface area contributed by atoms with E-state index in [1.54, 1.807) is 24.3 Å². The van der Waals surface area contributed by atoms with E-state index in [9.17, 15) is 4.79 Å². The molecule has 0 aliphatic rings. The first-order valence-corrected chi connectivity index (χ1v) is 7.27. The number of rotatable bonds is 2. The quantitative estimate of drug-likeness (QED) is 0.748. The van der Waals surface area contributed by atoms with E-state index in [4.69, 9.17) is 16.0 Å². The highest BCUT2D eigenvalue weighted by atomic mass is 35.5. The minimum absolute atomic E-state index is 0.247. The summed E-state index contributed by atoms with van der Waals surface area (Å²) in [6.07, 6.45) is 0. The molecule has 0 bridgehead atoms. The molecule has 2 aromatic heterocycles. The number of hydrogen-bond donors (Lipinski definition) is 1. The molecular weight excluding hydrogens is 300 g/mol. The highest BCUT2D eigenvalue weighted by molar-refractivity contribution is 6.31. The molecule has 2 heterocycles. The molecule has 1 aromatic carbocycles. The first-order chi connectivity index (χ1) is 10.4. The third-order valence-electron chi connectivity index (χ3n) is 3.47. The van der Waals surface area contributed by atoms with Gasteiger partial charge in [0.05, 0.1) is 11.4 Å². The van der Waals surface area contributed by atoms with Crippen LogP contribution >= 0.6 is 11.6 Å². The number of carbonyl (C=O) groups excluding carboxylic acids is 1. The maximum Gasteiger partial charge on any atom is 0.291 e. The number of fused-ring (bicyclic) bond motifs is 1. The van der Waals surface area contributed by atoms with Gasteiger partial charge < -0.3 is 9.73 Å². The van der Waals surface area contributed by atoms with Crippen LogP contribution in [0.3, 0.4) is 0 Å². The standard InChI is InChI=1S/C17H15ClN2O2/c1-9-6-10(2)19-11(3)16(9)20-17(21)15-8-12-7-13(18)4-5-14(12)22-15/h4-8H,1-3H3,(H,20,21). The van der Waals surface area contributed by atoms with Crippen molar-refractivity contribution in [1.29, 1.82) is 0 Å². The van der Waals surface area contributed by atoms with Crippen molar-refractivity contribution in [3.63, 3.8) is 0 Å². The van der Waals surface area contributed by atoms with E-state index in [1.165, 1.54) is 0 Å². The van der Waals surface area contributed by atoms with E-state index >= 15 is 0 Å². The van der Waals surface area contributed by atoms with Crippen molar-refractivity contribution in [2.45, 2.75) is 20.8 Å². The van der Waals surface area contributed by atoms with Crippen LogP contribution in [0.5, 0.6) is 0 Å². The van der Waals surface area contributed by atoms with Crippen molar-refractivity contribution in [3.8, 4) is 0 Å². The summed E-state index contributed by atoms with van der Waals surface area (Å²) in [7, 11) is 0. The van der Waals surface area contributed by atoms with E-state index in [0.29, 0.717) is 16.3 Å². The van der Waals surface area contributed by atoms with Crippen LogP contribution in [0.1, 0.15) is 27.5 Å². The van der Waals surface area contributed by atoms with Crippen LogP contribution in [0.25, 0.3) is 11.0 Å². The zero-order chi connectivity index (χ0) is 15.9. The van der Waals surface area contributed by atoms with Crippen molar-refractivity contribution < 1.29 is 9.21 Å². The van der Waals surface area contributed by atoms with Gasteiger partial charge >= 0.3 is 0 Å². The van der Waals surface area contributed by atoms with Crippen molar-refractivity contribution >= 4 is 34.2 Å². The predicted molar refractivity (Wildman–Crippen MR) is 87.6 cm³/mol. The normalized spacial score (nSPS) is 10.9. The second kappa shape index (κ2) is 5.46. The molecule has 112 valence electrons. The molecule has 1 N–H and O–H groups in total. The first-order valence-electron chi connectivity index (χ1n) is 6.89. The van der Waals surface area contributed by atoms with Crippen LogP contribution in [0.15, 0.2) is 34.7 Å². The Kier molecular flexibility index (Phi) is 3.62. The Labute approximate surface area is 133 Å². The molecule has 0 aliphatic carbocycles. The van der Waals surface area contributed by atoms with Crippen molar-refractivity contribution in [2.24, 2.45) is 0 Å². The second-order valence-corrected chi connectivity index (χ2v) is 5.72. The average molecular weight is 315 g/mol. The van der Waals surface area contributed by atoms with Crippen molar-refractivity contribution in [2.75, 3.05) is 5.32 Å². The number of benzene rings is 1. The second-order valence-electron chi connectivity index (χ2n) is 5.29. The summed E-state index contributed by atoms with van der Waals surface area (Å²) in [6, 6.07) is 8.86. The van der Waals surface area contributed by atoms with Crippen molar-refractivity contribution in [3.05, 3.63) is 58.1 Å². The van der Waals surface area contributed by atoms with Crippen LogP contribution < -0.4 is 5.32 Å². The zero-order valence-corrected chi connectivity index (χ0v) is 13.3. The summed E-state index contributed by atoms with van der Waals surface area (Å²) in [5.41, 5.74) is 4.02. The van der Waals surface area contributed by atoms with Crippen LogP contribution in [-0.4, -0.2) is 10.9 Å². The predicted octanol–water partition coefficient (Wildman–Crippen LogP) is 4.66. The van der Waals surface area contributed by atoms with Crippen LogP contribution in [0.4, 0.5) is 5.69 Å². The molecule has 0 radical (unpaired) electrons. The number of carbonyl (C=O) groups is 1. The number of anilines is 1. The maximum absolute atomic E-state index is 12.4. The SMILES string of the molecule is Cc1cc(C)c(NC(=O)c2cc3cc(Cl)ccc3o2)c(C)n1. The van der Waals surface area contributed by atoms with E-state index in [2.05, 4.69) is 10.3 Å². The zero-order valence-electron chi connectivity index (χ0n) is 12.5. The number of aromatic nitrogens is 1. The maximum atomic E-state index is 12.4. The van der Waals surface area contributed by atoms with Gasteiger partial charge in [-0.05, 0) is 56.7 Å². The monoisotopic (exact) mass is 314 g/mol. The summed E-state index contributed by atoms with van der Waals surface area (Å²) in [5, 5.41) is 4.27. The molecule has 0 saturated heterocycles. The topological polar surface area (TPSA) is 55.1 Å². The summed E-state index contributed by atoms with van der Waals surface area (Å²) < 4.78 is 5.57. The number of halogens is 1. The summed E-state index contributed by atoms with van der Waals surface area (Å²) in [5.74, 6) is -0.0548. The van der Waals surface area contributed by atoms with E-state index in [-0.39, 0.29) is 11.7 Å². The van der Waals surface area contributed by atoms with Gasteiger partial charge in [0, 0.05) is 16.1 Å². The number of nitrogens with zero attached hydrogens (tertiary/aromatic N) is 1. The van der Waals surface area contributed by atoms with Gasteiger partial charge in [-0.1, -0.05) is 11.6 Å². The minimum Gasteiger partial charge on any atom is -0.451 e. The molecule has 0 unspecified atom stereocenters. The van der Waals surface area contributed by atoms with Gasteiger partial charge in [0.1, 0.15) is 5.58 Å². The third kappa shape index (κ3) is 2.70. The van der Waals surface area contributed by atoms with Gasteiger partial charge in [-0.25, -0.2) is 0 Å². The first kappa shape index (κ1) is 14.6. The number of furan rings is 1. The molecule has 0 aliphatic heterocycles. The lowest BCUT2D eigenvalue weighted by Crippen LogP contribution is -2.13. The minimum atomic E-state index is -0.302. The van der Waals surface area contributed by atoms with Crippen LogP contribution in [0, 0.1) is 20.8 Å². The van der Waals surface area contributed by atoms with E-state index < -0.39 is 0 Å². The largest absolute Gasteiger partial charge is 0.451 e. The Hall–Kier alpha value is -2.33. The molecule has 4 nitrogen and oxygen atoms in total. The number of aryl methyl sites for hydroxylation is 3. The van der Waals surface area contributed by atoms with Crippen LogP contribution in [0.2, 0.25) is 5.02 Å². The Balaban J connectivity index is 1.93. The highest BCUT2D eigenvalue weighted by Gasteiger charge is 2.15. The molecule has 22 heavy (non-hydrogen) atoms. The summed E-state index contributed by atoms with van der Waals surface area (Å²) in [6.45, 7) is 5.73. The number of pyridine rings is 1. The molecule has 0 saturated carbocycles. The number of amides is 1. The molecule has 5 heteroatoms. The Morgan fingerprint density at radius 1 is 1.18 bits per heavy atom. The van der Waals surface area contributed by atoms with Gasteiger partial charge in [-0.3, -0.25) is 9.78 Å². The smallest absolute Gasteiger partial charge is 0.291 e. The molecule has 3 rings (SSSR count). The highest BCUT2D eigenvalue weighted by Crippen LogP contribution is 2.25. The molecule has 3 aromatic rings. The van der Waals surface area contributed by atoms with Gasteiger partial charge in [0.25, 0.3) is 5.91 Å². The Morgan fingerprint density at radius 3 is 2.68 bits per heavy atom. The fraction of sp³-hybridized carbons (Fsp3) is 0.176. The Bertz CT molecular complexity index is 860. The van der Waals surface area contributed by atoms with E-state index in [1.807, 2.05) is 26.8 Å². The fourth-order valence-corrected chi connectivity index (χ4v) is 2.69. The average Bonchev–Trinajstić information content (AvgIpc) is 2.85. The molecule has 0 atom stereocenters. The lowest BCUT2D eigenvalue weighted by atomic mass is 10.1. The number of nitrogens with one attached hydrogen (secondary N) is 1. The lowest BCUT2D eigenvalue weighted by Gasteiger charge is -2.10. The summed E-state index contributed by atoms with van der Waals surface area (Å²) >= 11 is 5.94. The molecular formula is C17H15ClN2O2. The third-order valence-corrected chi connectivity index (χ3v) is 3.70.